The second kappa shape index (κ2) is 8.76. The smallest absolute Gasteiger partial charge is 0.144 e. The van der Waals surface area contributed by atoms with Gasteiger partial charge in [-0.15, -0.1) is 0 Å². The van der Waals surface area contributed by atoms with Crippen molar-refractivity contribution >= 4 is 17.2 Å². The van der Waals surface area contributed by atoms with E-state index in [1.54, 1.807) is 21.3 Å². The van der Waals surface area contributed by atoms with Crippen LogP contribution in [0.2, 0.25) is 0 Å². The van der Waals surface area contributed by atoms with E-state index < -0.39 is 0 Å². The molecule has 3 aromatic rings. The molecule has 27 heavy (non-hydrogen) atoms. The topological polar surface area (TPSA) is 52.1 Å². The van der Waals surface area contributed by atoms with Gasteiger partial charge >= 0.3 is 0 Å². The number of nitrogens with one attached hydrogen (secondary N) is 1. The van der Waals surface area contributed by atoms with Crippen LogP contribution in [0.4, 0.5) is 11.4 Å². The summed E-state index contributed by atoms with van der Waals surface area (Å²) in [6.45, 7) is 0. The Kier molecular flexibility index (Phi) is 5.94. The molecular weight excluding hydrogens is 340 g/mol. The van der Waals surface area contributed by atoms with E-state index in [9.17, 15) is 0 Å². The number of rotatable bonds is 6. The number of para-hydroxylation sites is 4. The predicted molar refractivity (Wildman–Crippen MR) is 109 cm³/mol. The highest BCUT2D eigenvalue weighted by Gasteiger charge is 2.10. The van der Waals surface area contributed by atoms with Gasteiger partial charge in [0.15, 0.2) is 0 Å². The molecule has 0 aromatic heterocycles. The third-order valence-electron chi connectivity index (χ3n) is 4.04. The first-order valence-electron chi connectivity index (χ1n) is 8.51. The van der Waals surface area contributed by atoms with E-state index >= 15 is 0 Å². The minimum atomic E-state index is 0.673. The zero-order valence-corrected chi connectivity index (χ0v) is 15.6. The Morgan fingerprint density at radius 1 is 0.704 bits per heavy atom. The van der Waals surface area contributed by atoms with Gasteiger partial charge in [-0.2, -0.15) is 0 Å². The Hall–Kier alpha value is -3.47. The molecule has 3 aromatic carbocycles. The largest absolute Gasteiger partial charge is 0.497 e. The van der Waals surface area contributed by atoms with Gasteiger partial charge < -0.3 is 19.5 Å². The Labute approximate surface area is 159 Å². The molecule has 3 rings (SSSR count). The summed E-state index contributed by atoms with van der Waals surface area (Å²) in [5.74, 6) is 2.89. The first kappa shape index (κ1) is 18.3. The fraction of sp³-hybridized carbons (Fsp3) is 0.136. The van der Waals surface area contributed by atoms with Crippen molar-refractivity contribution in [2.75, 3.05) is 26.6 Å². The number of hydrogen-bond acceptors (Lipinski definition) is 4. The average Bonchev–Trinajstić information content (AvgIpc) is 2.74. The molecule has 1 N–H and O–H groups in total. The lowest BCUT2D eigenvalue weighted by Gasteiger charge is -2.14. The van der Waals surface area contributed by atoms with Crippen LogP contribution in [0, 0.1) is 0 Å². The molecule has 0 atom stereocenters. The number of hydrogen-bond donors (Lipinski definition) is 1. The normalized spacial score (nSPS) is 11.0. The second-order valence-corrected chi connectivity index (χ2v) is 5.69. The van der Waals surface area contributed by atoms with Gasteiger partial charge in [0.05, 0.1) is 27.0 Å². The van der Waals surface area contributed by atoms with Gasteiger partial charge in [0.1, 0.15) is 28.8 Å². The average molecular weight is 362 g/mol. The lowest BCUT2D eigenvalue weighted by atomic mass is 10.1. The Morgan fingerprint density at radius 3 is 2.00 bits per heavy atom. The van der Waals surface area contributed by atoms with Gasteiger partial charge in [-0.3, -0.25) is 0 Å². The van der Waals surface area contributed by atoms with Gasteiger partial charge in [-0.25, -0.2) is 4.99 Å². The summed E-state index contributed by atoms with van der Waals surface area (Å²) in [7, 11) is 4.92. The summed E-state index contributed by atoms with van der Waals surface area (Å²) >= 11 is 0. The van der Waals surface area contributed by atoms with Gasteiger partial charge in [0.25, 0.3) is 0 Å². The van der Waals surface area contributed by atoms with Crippen LogP contribution in [0.5, 0.6) is 17.2 Å². The van der Waals surface area contributed by atoms with Crippen LogP contribution in [-0.2, 0) is 0 Å². The van der Waals surface area contributed by atoms with Gasteiger partial charge in [0.2, 0.25) is 0 Å². The number of anilines is 1. The number of nitrogens with zero attached hydrogens (tertiary/aromatic N) is 1. The number of amidine groups is 1. The third kappa shape index (κ3) is 4.39. The second-order valence-electron chi connectivity index (χ2n) is 5.69. The fourth-order valence-corrected chi connectivity index (χ4v) is 2.63. The lowest BCUT2D eigenvalue weighted by Crippen LogP contribution is -2.14. The summed E-state index contributed by atoms with van der Waals surface area (Å²) < 4.78 is 16.1. The molecule has 0 amide bonds. The minimum Gasteiger partial charge on any atom is -0.497 e. The molecule has 0 unspecified atom stereocenters. The first-order valence-corrected chi connectivity index (χ1v) is 8.51. The van der Waals surface area contributed by atoms with E-state index in [1.807, 2.05) is 72.8 Å². The highest BCUT2D eigenvalue weighted by Crippen LogP contribution is 2.29. The Morgan fingerprint density at radius 2 is 1.33 bits per heavy atom. The van der Waals surface area contributed by atoms with Gasteiger partial charge in [0, 0.05) is 5.56 Å². The van der Waals surface area contributed by atoms with Crippen molar-refractivity contribution in [3.63, 3.8) is 0 Å². The maximum atomic E-state index is 5.45. The van der Waals surface area contributed by atoms with Crippen LogP contribution in [0.15, 0.2) is 77.8 Å². The Bertz CT molecular complexity index is 921. The number of ether oxygens (including phenoxy) is 3. The third-order valence-corrected chi connectivity index (χ3v) is 4.04. The van der Waals surface area contributed by atoms with E-state index in [4.69, 9.17) is 19.2 Å². The summed E-state index contributed by atoms with van der Waals surface area (Å²) in [5, 5.41) is 3.38. The van der Waals surface area contributed by atoms with Crippen molar-refractivity contribution < 1.29 is 14.2 Å². The van der Waals surface area contributed by atoms with Crippen LogP contribution < -0.4 is 19.5 Å². The molecule has 0 heterocycles. The molecule has 0 fully saturated rings. The van der Waals surface area contributed by atoms with E-state index in [0.717, 1.165) is 28.4 Å². The van der Waals surface area contributed by atoms with E-state index in [-0.39, 0.29) is 0 Å². The SMILES string of the molecule is COc1ccc(C(=Nc2ccccc2OC)Nc2ccccc2OC)cc1. The minimum absolute atomic E-state index is 0.673. The molecular formula is C22H22N2O3. The molecule has 0 saturated carbocycles. The molecule has 0 aliphatic rings. The van der Waals surface area contributed by atoms with Gasteiger partial charge in [-0.05, 0) is 48.5 Å². The van der Waals surface area contributed by atoms with Crippen molar-refractivity contribution in [2.45, 2.75) is 0 Å². The molecule has 138 valence electrons. The monoisotopic (exact) mass is 362 g/mol. The molecule has 5 nitrogen and oxygen atoms in total. The number of aliphatic imine (C=N–C) groups is 1. The predicted octanol–water partition coefficient (Wildman–Crippen LogP) is 4.90. The highest BCUT2D eigenvalue weighted by atomic mass is 16.5. The van der Waals surface area contributed by atoms with Crippen molar-refractivity contribution in [3.05, 3.63) is 78.4 Å². The summed E-state index contributed by atoms with van der Waals surface area (Å²) in [6.07, 6.45) is 0. The summed E-state index contributed by atoms with van der Waals surface area (Å²) in [5.41, 5.74) is 2.46. The fourth-order valence-electron chi connectivity index (χ4n) is 2.63. The maximum Gasteiger partial charge on any atom is 0.144 e. The molecule has 0 aliphatic carbocycles. The molecule has 0 bridgehead atoms. The van der Waals surface area contributed by atoms with Crippen LogP contribution in [0.25, 0.3) is 0 Å². The summed E-state index contributed by atoms with van der Waals surface area (Å²) in [6, 6.07) is 23.1. The Balaban J connectivity index is 2.06. The quantitative estimate of drug-likeness (QED) is 0.500. The van der Waals surface area contributed by atoms with Crippen LogP contribution >= 0.6 is 0 Å². The zero-order valence-electron chi connectivity index (χ0n) is 15.6. The van der Waals surface area contributed by atoms with Crippen molar-refractivity contribution in [1.29, 1.82) is 0 Å². The van der Waals surface area contributed by atoms with Gasteiger partial charge in [-0.1, -0.05) is 24.3 Å². The molecule has 0 saturated heterocycles. The highest BCUT2D eigenvalue weighted by molar-refractivity contribution is 6.10. The molecule has 0 aliphatic heterocycles. The molecule has 0 spiro atoms. The van der Waals surface area contributed by atoms with E-state index in [0.29, 0.717) is 11.6 Å². The van der Waals surface area contributed by atoms with Crippen molar-refractivity contribution in [2.24, 2.45) is 4.99 Å². The van der Waals surface area contributed by atoms with E-state index in [1.165, 1.54) is 0 Å². The summed E-state index contributed by atoms with van der Waals surface area (Å²) in [4.78, 5) is 4.81. The standard InChI is InChI=1S/C22H22N2O3/c1-25-17-14-12-16(13-15-17)22(23-18-8-4-6-10-20(18)26-2)24-19-9-5-7-11-21(19)27-3/h4-15H,1-3H3,(H,23,24). The van der Waals surface area contributed by atoms with Crippen LogP contribution in [0.1, 0.15) is 5.56 Å². The molecule has 0 radical (unpaired) electrons. The maximum absolute atomic E-state index is 5.45. The number of methoxy groups -OCH3 is 3. The van der Waals surface area contributed by atoms with Crippen LogP contribution in [-0.4, -0.2) is 27.2 Å². The van der Waals surface area contributed by atoms with Crippen LogP contribution in [0.3, 0.4) is 0 Å². The number of benzene rings is 3. The van der Waals surface area contributed by atoms with Crippen molar-refractivity contribution in [3.8, 4) is 17.2 Å². The zero-order chi connectivity index (χ0) is 19.1. The first-order chi connectivity index (χ1) is 13.2. The lowest BCUT2D eigenvalue weighted by molar-refractivity contribution is 0.414. The molecule has 5 heteroatoms. The van der Waals surface area contributed by atoms with E-state index in [2.05, 4.69) is 5.32 Å². The van der Waals surface area contributed by atoms with Crippen molar-refractivity contribution in [1.82, 2.24) is 0 Å².